The lowest BCUT2D eigenvalue weighted by Gasteiger charge is -2.34. The topological polar surface area (TPSA) is 122 Å². The molecule has 114 valence electrons. The van der Waals surface area contributed by atoms with Gasteiger partial charge in [0.1, 0.15) is 5.56 Å². The predicted octanol–water partition coefficient (Wildman–Crippen LogP) is -1.61. The van der Waals surface area contributed by atoms with E-state index < -0.39 is 35.3 Å². The van der Waals surface area contributed by atoms with Crippen molar-refractivity contribution in [1.82, 2.24) is 14.5 Å². The van der Waals surface area contributed by atoms with Gasteiger partial charge in [0.25, 0.3) is 11.5 Å². The Hall–Kier alpha value is -2.42. The van der Waals surface area contributed by atoms with E-state index in [2.05, 4.69) is 4.98 Å². The molecule has 21 heavy (non-hydrogen) atoms. The van der Waals surface area contributed by atoms with Gasteiger partial charge in [-0.1, -0.05) is 0 Å². The lowest BCUT2D eigenvalue weighted by Crippen LogP contribution is -2.53. The Bertz CT molecular complexity index is 691. The summed E-state index contributed by atoms with van der Waals surface area (Å²) >= 11 is 0. The molecule has 0 aromatic carbocycles. The van der Waals surface area contributed by atoms with Crippen LogP contribution in [0, 0.1) is 0 Å². The van der Waals surface area contributed by atoms with Crippen LogP contribution in [0.5, 0.6) is 0 Å². The molecule has 1 aromatic rings. The maximum atomic E-state index is 12.3. The summed E-state index contributed by atoms with van der Waals surface area (Å²) in [6.07, 6.45) is -0.553. The maximum Gasteiger partial charge on any atom is 0.334 e. The molecule has 0 radical (unpaired) electrons. The molecule has 0 aliphatic carbocycles. The van der Waals surface area contributed by atoms with E-state index in [1.807, 2.05) is 0 Å². The third-order valence-electron chi connectivity index (χ3n) is 3.23. The zero-order valence-electron chi connectivity index (χ0n) is 11.5. The van der Waals surface area contributed by atoms with Crippen molar-refractivity contribution in [3.05, 3.63) is 32.6 Å². The van der Waals surface area contributed by atoms with Gasteiger partial charge in [0.15, 0.2) is 6.10 Å². The van der Waals surface area contributed by atoms with E-state index in [9.17, 15) is 19.2 Å². The van der Waals surface area contributed by atoms with Crippen LogP contribution in [-0.2, 0) is 16.6 Å². The highest BCUT2D eigenvalue weighted by molar-refractivity contribution is 5.94. The van der Waals surface area contributed by atoms with Gasteiger partial charge in [-0.25, -0.2) is 9.59 Å². The fraction of sp³-hybridized carbons (Fsp3) is 0.500. The highest BCUT2D eigenvalue weighted by atomic mass is 16.5. The summed E-state index contributed by atoms with van der Waals surface area (Å²) in [6, 6.07) is 0. The number of nitrogens with one attached hydrogen (secondary N) is 1. The van der Waals surface area contributed by atoms with Gasteiger partial charge in [0.05, 0.1) is 12.6 Å². The molecule has 1 aliphatic rings. The van der Waals surface area contributed by atoms with E-state index in [0.717, 1.165) is 10.8 Å². The first-order valence-electron chi connectivity index (χ1n) is 6.27. The summed E-state index contributed by atoms with van der Waals surface area (Å²) in [4.78, 5) is 50.0. The van der Waals surface area contributed by atoms with E-state index in [1.165, 1.54) is 11.9 Å². The van der Waals surface area contributed by atoms with E-state index in [1.54, 1.807) is 6.92 Å². The number of amides is 1. The highest BCUT2D eigenvalue weighted by Crippen LogP contribution is 2.13. The van der Waals surface area contributed by atoms with Gasteiger partial charge in [-0.3, -0.25) is 14.2 Å². The lowest BCUT2D eigenvalue weighted by molar-refractivity contribution is -0.160. The molecule has 0 spiro atoms. The number of aromatic nitrogens is 2. The van der Waals surface area contributed by atoms with Crippen LogP contribution in [-0.4, -0.2) is 56.7 Å². The van der Waals surface area contributed by atoms with Crippen LogP contribution in [0.1, 0.15) is 17.3 Å². The smallest absolute Gasteiger partial charge is 0.334 e. The number of morpholine rings is 1. The van der Waals surface area contributed by atoms with Crippen LogP contribution < -0.4 is 11.2 Å². The number of aromatic amines is 1. The van der Waals surface area contributed by atoms with E-state index in [4.69, 9.17) is 9.84 Å². The first-order chi connectivity index (χ1) is 9.81. The zero-order valence-corrected chi connectivity index (χ0v) is 11.5. The first-order valence-corrected chi connectivity index (χ1v) is 6.27. The molecule has 1 amide bonds. The molecule has 2 N–H and O–H groups in total. The molecule has 1 saturated heterocycles. The van der Waals surface area contributed by atoms with Crippen molar-refractivity contribution in [2.45, 2.75) is 19.1 Å². The Labute approximate surface area is 118 Å². The van der Waals surface area contributed by atoms with Crippen LogP contribution >= 0.6 is 0 Å². The SMILES string of the molecule is C[C@@H]1CN(C(=O)c2c[nH]c(=O)n(C)c2=O)CC(C(=O)O)O1. The lowest BCUT2D eigenvalue weighted by atomic mass is 10.2. The summed E-state index contributed by atoms with van der Waals surface area (Å²) < 4.78 is 5.99. The second-order valence-electron chi connectivity index (χ2n) is 4.86. The summed E-state index contributed by atoms with van der Waals surface area (Å²) in [5.41, 5.74) is -1.57. The average Bonchev–Trinajstić information content (AvgIpc) is 2.43. The molecule has 1 fully saturated rings. The molecule has 9 nitrogen and oxygen atoms in total. The fourth-order valence-electron chi connectivity index (χ4n) is 2.14. The monoisotopic (exact) mass is 297 g/mol. The number of aliphatic carboxylic acids is 1. The van der Waals surface area contributed by atoms with Crippen molar-refractivity contribution >= 4 is 11.9 Å². The van der Waals surface area contributed by atoms with Gasteiger partial charge in [-0.05, 0) is 6.92 Å². The van der Waals surface area contributed by atoms with Crippen LogP contribution in [0.25, 0.3) is 0 Å². The van der Waals surface area contributed by atoms with Crippen LogP contribution in [0.4, 0.5) is 0 Å². The Kier molecular flexibility index (Phi) is 3.94. The predicted molar refractivity (Wildman–Crippen MR) is 70.2 cm³/mol. The van der Waals surface area contributed by atoms with Gasteiger partial charge in [-0.15, -0.1) is 0 Å². The summed E-state index contributed by atoms with van der Waals surface area (Å²) in [5, 5.41) is 8.98. The molecule has 1 aliphatic heterocycles. The molecular weight excluding hydrogens is 282 g/mol. The Morgan fingerprint density at radius 3 is 2.67 bits per heavy atom. The number of rotatable bonds is 2. The van der Waals surface area contributed by atoms with Crippen molar-refractivity contribution in [3.8, 4) is 0 Å². The quantitative estimate of drug-likeness (QED) is 0.677. The van der Waals surface area contributed by atoms with Crippen LogP contribution in [0.15, 0.2) is 15.8 Å². The fourth-order valence-corrected chi connectivity index (χ4v) is 2.14. The highest BCUT2D eigenvalue weighted by Gasteiger charge is 2.33. The van der Waals surface area contributed by atoms with Crippen LogP contribution in [0.2, 0.25) is 0 Å². The van der Waals surface area contributed by atoms with Crippen LogP contribution in [0.3, 0.4) is 0 Å². The van der Waals surface area contributed by atoms with Gasteiger partial charge in [0, 0.05) is 19.8 Å². The minimum absolute atomic E-state index is 0.152. The summed E-state index contributed by atoms with van der Waals surface area (Å²) in [5.74, 6) is -1.80. The molecule has 1 unspecified atom stereocenters. The summed E-state index contributed by atoms with van der Waals surface area (Å²) in [7, 11) is 1.25. The molecule has 2 heterocycles. The van der Waals surface area contributed by atoms with E-state index >= 15 is 0 Å². The largest absolute Gasteiger partial charge is 0.479 e. The number of carboxylic acids is 1. The maximum absolute atomic E-state index is 12.3. The van der Waals surface area contributed by atoms with Crippen molar-refractivity contribution < 1.29 is 19.4 Å². The Morgan fingerprint density at radius 2 is 2.05 bits per heavy atom. The molecule has 1 aromatic heterocycles. The third kappa shape index (κ3) is 2.87. The van der Waals surface area contributed by atoms with Crippen molar-refractivity contribution in [1.29, 1.82) is 0 Å². The van der Waals surface area contributed by atoms with E-state index in [0.29, 0.717) is 0 Å². The Morgan fingerprint density at radius 1 is 1.38 bits per heavy atom. The zero-order chi connectivity index (χ0) is 15.7. The minimum atomic E-state index is -1.17. The van der Waals surface area contributed by atoms with Gasteiger partial charge in [0.2, 0.25) is 0 Å². The number of hydrogen-bond donors (Lipinski definition) is 2. The molecule has 2 rings (SSSR count). The normalized spacial score (nSPS) is 22.1. The number of carbonyl (C=O) groups is 2. The first kappa shape index (κ1) is 15.0. The van der Waals surface area contributed by atoms with Crippen molar-refractivity contribution in [2.75, 3.05) is 13.1 Å². The number of ether oxygens (including phenoxy) is 1. The molecule has 0 bridgehead atoms. The number of hydrogen-bond acceptors (Lipinski definition) is 5. The number of nitrogens with zero attached hydrogens (tertiary/aromatic N) is 2. The number of carbonyl (C=O) groups excluding carboxylic acids is 1. The van der Waals surface area contributed by atoms with Gasteiger partial charge < -0.3 is 19.7 Å². The van der Waals surface area contributed by atoms with Gasteiger partial charge in [-0.2, -0.15) is 0 Å². The third-order valence-corrected chi connectivity index (χ3v) is 3.23. The standard InChI is InChI=1S/C12H15N3O6/c1-6-4-15(5-8(21-6)11(18)19)10(17)7-3-13-12(20)14(2)9(7)16/h3,6,8H,4-5H2,1-2H3,(H,13,20)(H,18,19)/t6-,8?/m1/s1. The molecular formula is C12H15N3O6. The van der Waals surface area contributed by atoms with Gasteiger partial charge >= 0.3 is 11.7 Å². The second kappa shape index (κ2) is 5.52. The van der Waals surface area contributed by atoms with E-state index in [-0.39, 0.29) is 18.7 Å². The number of carboxylic acid groups (broad SMARTS) is 1. The molecule has 2 atom stereocenters. The summed E-state index contributed by atoms with van der Waals surface area (Å²) in [6.45, 7) is 1.66. The van der Waals surface area contributed by atoms with Crippen molar-refractivity contribution in [3.63, 3.8) is 0 Å². The average molecular weight is 297 g/mol. The Balaban J connectivity index is 2.32. The number of H-pyrrole nitrogens is 1. The molecule has 0 saturated carbocycles. The minimum Gasteiger partial charge on any atom is -0.479 e. The van der Waals surface area contributed by atoms with Crippen molar-refractivity contribution in [2.24, 2.45) is 7.05 Å². The second-order valence-corrected chi connectivity index (χ2v) is 4.86. The molecule has 9 heteroatoms.